The number of unbranched alkanes of at least 4 members (excludes halogenated alkanes) is 2. The second-order valence-corrected chi connectivity index (χ2v) is 16.7. The van der Waals surface area contributed by atoms with E-state index in [-0.39, 0.29) is 6.71 Å². The van der Waals surface area contributed by atoms with Gasteiger partial charge in [0.25, 0.3) is 6.71 Å². The third-order valence-electron chi connectivity index (χ3n) is 12.6. The summed E-state index contributed by atoms with van der Waals surface area (Å²) in [5.41, 5.74) is 19.9. The maximum absolute atomic E-state index is 7.11. The lowest BCUT2D eigenvalue weighted by atomic mass is 9.32. The first kappa shape index (κ1) is 37.1. The summed E-state index contributed by atoms with van der Waals surface area (Å²) in [5.74, 6) is 0.938. The second-order valence-electron chi connectivity index (χ2n) is 16.7. The number of hydrogen-bond acceptors (Lipinski definition) is 4. The number of para-hydroxylation sites is 2. The summed E-state index contributed by atoms with van der Waals surface area (Å²) in [6.07, 6.45) is 11.2. The topological polar surface area (TPSA) is 22.9 Å². The molecule has 59 heavy (non-hydrogen) atoms. The fourth-order valence-electron chi connectivity index (χ4n) is 9.80. The number of rotatable bonds is 11. The maximum atomic E-state index is 7.11. The molecular weight excluding hydrogens is 717 g/mol. The van der Waals surface area contributed by atoms with Gasteiger partial charge in [-0.2, -0.15) is 0 Å². The normalized spacial score (nSPS) is 14.3. The predicted molar refractivity (Wildman–Crippen MR) is 251 cm³/mol. The van der Waals surface area contributed by atoms with Gasteiger partial charge in [0.2, 0.25) is 5.88 Å². The van der Waals surface area contributed by atoms with E-state index in [4.69, 9.17) is 4.42 Å². The predicted octanol–water partition coefficient (Wildman–Crippen LogP) is 13.6. The summed E-state index contributed by atoms with van der Waals surface area (Å²) in [5, 5.41) is 1.20. The number of benzene rings is 6. The number of allylic oxidation sites excluding steroid dienone is 3. The van der Waals surface area contributed by atoms with Crippen molar-refractivity contribution in [3.63, 3.8) is 0 Å². The molecule has 4 nitrogen and oxygen atoms in total. The largest absolute Gasteiger partial charge is 0.440 e. The zero-order chi connectivity index (χ0) is 40.0. The van der Waals surface area contributed by atoms with Crippen molar-refractivity contribution in [3.8, 4) is 0 Å². The van der Waals surface area contributed by atoms with Crippen molar-refractivity contribution in [2.75, 3.05) is 14.7 Å². The molecule has 0 atom stereocenters. The van der Waals surface area contributed by atoms with Gasteiger partial charge in [-0.15, -0.1) is 0 Å². The van der Waals surface area contributed by atoms with Crippen LogP contribution in [0.2, 0.25) is 0 Å². The minimum absolute atomic E-state index is 0.0360. The van der Waals surface area contributed by atoms with Crippen molar-refractivity contribution < 1.29 is 4.42 Å². The van der Waals surface area contributed by atoms with Crippen LogP contribution in [0, 0.1) is 13.8 Å². The highest BCUT2D eigenvalue weighted by atomic mass is 16.4. The van der Waals surface area contributed by atoms with Crippen LogP contribution in [0.15, 0.2) is 167 Å². The number of anilines is 7. The van der Waals surface area contributed by atoms with Crippen LogP contribution in [0.1, 0.15) is 74.6 Å². The number of aryl methyl sites for hydroxylation is 4. The molecule has 0 amide bonds. The monoisotopic (exact) mass is 769 g/mol. The molecule has 0 unspecified atom stereocenters. The molecule has 7 aromatic rings. The molecule has 0 radical (unpaired) electrons. The summed E-state index contributed by atoms with van der Waals surface area (Å²) in [4.78, 5) is 7.49. The van der Waals surface area contributed by atoms with Crippen molar-refractivity contribution in [2.45, 2.75) is 79.1 Å². The van der Waals surface area contributed by atoms with Crippen LogP contribution in [-0.2, 0) is 12.8 Å². The van der Waals surface area contributed by atoms with Crippen molar-refractivity contribution >= 4 is 68.6 Å². The molecule has 0 saturated heterocycles. The summed E-state index contributed by atoms with van der Waals surface area (Å²) in [6, 6.07) is 51.9. The summed E-state index contributed by atoms with van der Waals surface area (Å²) >= 11 is 0. The number of nitrogens with zero attached hydrogens (tertiary/aromatic N) is 3. The van der Waals surface area contributed by atoms with Crippen molar-refractivity contribution in [1.29, 1.82) is 0 Å². The Morgan fingerprint density at radius 3 is 1.97 bits per heavy atom. The Morgan fingerprint density at radius 2 is 1.27 bits per heavy atom. The van der Waals surface area contributed by atoms with Crippen molar-refractivity contribution in [1.82, 2.24) is 0 Å². The molecule has 292 valence electrons. The Kier molecular flexibility index (Phi) is 9.76. The van der Waals surface area contributed by atoms with E-state index in [1.54, 1.807) is 0 Å². The van der Waals surface area contributed by atoms with Crippen LogP contribution in [0.25, 0.3) is 11.0 Å². The molecule has 2 aliphatic heterocycles. The highest BCUT2D eigenvalue weighted by molar-refractivity contribution is 6.96. The van der Waals surface area contributed by atoms with E-state index >= 15 is 0 Å². The van der Waals surface area contributed by atoms with Gasteiger partial charge in [-0.3, -0.25) is 4.90 Å². The Balaban J connectivity index is 1.25. The van der Waals surface area contributed by atoms with Gasteiger partial charge in [0, 0.05) is 56.4 Å². The third-order valence-corrected chi connectivity index (χ3v) is 12.6. The lowest BCUT2D eigenvalue weighted by Gasteiger charge is -2.45. The highest BCUT2D eigenvalue weighted by Crippen LogP contribution is 2.49. The van der Waals surface area contributed by atoms with Gasteiger partial charge < -0.3 is 14.2 Å². The van der Waals surface area contributed by atoms with Crippen LogP contribution in [0.3, 0.4) is 0 Å². The first-order valence-corrected chi connectivity index (χ1v) is 21.8. The second kappa shape index (κ2) is 15.5. The number of fused-ring (bicyclic) bond motifs is 5. The van der Waals surface area contributed by atoms with Crippen LogP contribution >= 0.6 is 0 Å². The van der Waals surface area contributed by atoms with Crippen molar-refractivity contribution in [3.05, 3.63) is 185 Å². The Hall–Kier alpha value is -6.20. The molecule has 6 aromatic carbocycles. The Labute approximate surface area is 350 Å². The summed E-state index contributed by atoms with van der Waals surface area (Å²) in [7, 11) is 0. The minimum atomic E-state index is 0.0360. The summed E-state index contributed by atoms with van der Waals surface area (Å²) < 4.78 is 7.11. The van der Waals surface area contributed by atoms with Gasteiger partial charge in [-0.05, 0) is 153 Å². The lowest BCUT2D eigenvalue weighted by Crippen LogP contribution is -2.56. The fraction of sp³-hybridized carbons (Fsp3) is 0.222. The fourth-order valence-corrected chi connectivity index (χ4v) is 9.80. The molecule has 0 spiro atoms. The maximum Gasteiger partial charge on any atom is 0.252 e. The molecule has 0 bridgehead atoms. The van der Waals surface area contributed by atoms with Gasteiger partial charge in [0.1, 0.15) is 5.58 Å². The van der Waals surface area contributed by atoms with Crippen LogP contribution in [-0.4, -0.2) is 6.71 Å². The van der Waals surface area contributed by atoms with E-state index in [1.807, 2.05) is 0 Å². The molecular formula is C54H52BN3O. The van der Waals surface area contributed by atoms with Gasteiger partial charge >= 0.3 is 0 Å². The standard InChI is InChI=1S/C54H52BN3O/c1-5-7-16-39-25-27-43(28-26-39)58-50-33-38(4)32-49-53(50)55(52-46-30-24-37(3)34-51(46)59-54(52)58)47-31-29-45(56(41-19-11-9-12-20-41)42-21-13-10-14-22-42)36-48(47)57(49)44-23-15-18-40(35-44)17-8-6-2/h9-15,18-28,30,32-36H,5-8,16-17,29,31H2,1-4H3. The lowest BCUT2D eigenvalue weighted by molar-refractivity contribution is 0.622. The highest BCUT2D eigenvalue weighted by Gasteiger charge is 2.47. The number of hydrogen-bond donors (Lipinski definition) is 0. The van der Waals surface area contributed by atoms with E-state index in [9.17, 15) is 0 Å². The van der Waals surface area contributed by atoms with E-state index in [1.165, 1.54) is 110 Å². The molecule has 1 aromatic heterocycles. The van der Waals surface area contributed by atoms with E-state index in [2.05, 4.69) is 188 Å². The Bertz CT molecular complexity index is 2690. The van der Waals surface area contributed by atoms with Gasteiger partial charge in [-0.25, -0.2) is 0 Å². The van der Waals surface area contributed by atoms with E-state index in [0.717, 1.165) is 42.8 Å². The quantitative estimate of drug-likeness (QED) is 0.122. The third kappa shape index (κ3) is 6.57. The van der Waals surface area contributed by atoms with Crippen molar-refractivity contribution in [2.24, 2.45) is 0 Å². The zero-order valence-electron chi connectivity index (χ0n) is 34.8. The van der Waals surface area contributed by atoms with Gasteiger partial charge in [-0.1, -0.05) is 105 Å². The minimum Gasteiger partial charge on any atom is -0.440 e. The average Bonchev–Trinajstić information content (AvgIpc) is 3.64. The summed E-state index contributed by atoms with van der Waals surface area (Å²) in [6.45, 7) is 9.00. The molecule has 0 fully saturated rings. The average molecular weight is 770 g/mol. The molecule has 0 saturated carbocycles. The smallest absolute Gasteiger partial charge is 0.252 e. The molecule has 0 N–H and O–H groups in total. The Morgan fingerprint density at radius 1 is 0.593 bits per heavy atom. The molecule has 3 aliphatic rings. The molecule has 10 rings (SSSR count). The molecule has 5 heteroatoms. The van der Waals surface area contributed by atoms with Crippen LogP contribution in [0.4, 0.5) is 40.0 Å². The zero-order valence-corrected chi connectivity index (χ0v) is 34.8. The SMILES string of the molecule is CCCCc1ccc(N2c3cc(C)cc4c3B(C3=C(C=C(N(c5ccccc5)c5ccccc5)CC3)N4c3cccc(CCCC)c3)c3c2oc2cc(C)ccc32)cc1. The van der Waals surface area contributed by atoms with Gasteiger partial charge in [0.05, 0.1) is 0 Å². The molecule has 3 heterocycles. The first-order valence-electron chi connectivity index (χ1n) is 21.8. The number of furan rings is 1. The van der Waals surface area contributed by atoms with Crippen LogP contribution < -0.4 is 25.6 Å². The first-order chi connectivity index (χ1) is 29.0. The molecule has 1 aliphatic carbocycles. The van der Waals surface area contributed by atoms with E-state index in [0.29, 0.717) is 0 Å². The van der Waals surface area contributed by atoms with E-state index < -0.39 is 0 Å². The van der Waals surface area contributed by atoms with Crippen LogP contribution in [0.5, 0.6) is 0 Å². The van der Waals surface area contributed by atoms with Gasteiger partial charge in [0.15, 0.2) is 0 Å².